The third-order valence-corrected chi connectivity index (χ3v) is 2.64. The second kappa shape index (κ2) is 2.99. The summed E-state index contributed by atoms with van der Waals surface area (Å²) in [6.45, 7) is 0. The minimum Gasteiger partial charge on any atom is -0.294 e. The number of rotatable bonds is 0. The van der Waals surface area contributed by atoms with E-state index in [1.165, 1.54) is 10.9 Å². The van der Waals surface area contributed by atoms with Crippen LogP contribution in [-0.4, -0.2) is 5.78 Å². The van der Waals surface area contributed by atoms with Crippen molar-refractivity contribution in [3.63, 3.8) is 0 Å². The van der Waals surface area contributed by atoms with Gasteiger partial charge in [-0.05, 0) is 23.7 Å². The van der Waals surface area contributed by atoms with Gasteiger partial charge < -0.3 is 0 Å². The van der Waals surface area contributed by atoms with E-state index in [2.05, 4.69) is 15.3 Å². The summed E-state index contributed by atoms with van der Waals surface area (Å²) in [5, 5.41) is 1.17. The van der Waals surface area contributed by atoms with Crippen molar-refractivity contribution in [3.05, 3.63) is 29.3 Å². The van der Waals surface area contributed by atoms with Gasteiger partial charge in [-0.25, -0.2) is 0 Å². The van der Waals surface area contributed by atoms with Crippen LogP contribution in [0.3, 0.4) is 0 Å². The lowest BCUT2D eigenvalue weighted by Crippen LogP contribution is -2.12. The van der Waals surface area contributed by atoms with Gasteiger partial charge in [0, 0.05) is 12.0 Å². The van der Waals surface area contributed by atoms with Gasteiger partial charge in [0.25, 0.3) is 0 Å². The van der Waals surface area contributed by atoms with E-state index in [0.717, 1.165) is 24.8 Å². The van der Waals surface area contributed by atoms with Crippen LogP contribution in [0.4, 0.5) is 0 Å². The maximum Gasteiger partial charge on any atom is 0.163 e. The second-order valence-electron chi connectivity index (χ2n) is 3.19. The molecule has 2 heteroatoms. The third-order valence-electron chi connectivity index (χ3n) is 2.28. The summed E-state index contributed by atoms with van der Waals surface area (Å²) in [4.78, 5) is 11.4. The molecule has 0 fully saturated rings. The van der Waals surface area contributed by atoms with Crippen molar-refractivity contribution in [2.24, 2.45) is 0 Å². The van der Waals surface area contributed by atoms with Crippen molar-refractivity contribution in [2.45, 2.75) is 19.3 Å². The summed E-state index contributed by atoms with van der Waals surface area (Å²) in [5.41, 5.74) is 2.16. The number of carbonyl (C=O) groups excluding carboxylic acids is 1. The normalized spacial score (nSPS) is 15.9. The van der Waals surface area contributed by atoms with E-state index in [0.29, 0.717) is 5.78 Å². The molecule has 1 unspecified atom stereocenters. The predicted octanol–water partition coefficient (Wildman–Crippen LogP) is 1.71. The Kier molecular flexibility index (Phi) is 1.98. The van der Waals surface area contributed by atoms with Gasteiger partial charge in [0.1, 0.15) is 0 Å². The topological polar surface area (TPSA) is 17.1 Å². The molecule has 1 atom stereocenters. The molecule has 1 aromatic carbocycles. The molecule has 1 aliphatic carbocycles. The number of benzene rings is 1. The van der Waals surface area contributed by atoms with Gasteiger partial charge in [0.15, 0.2) is 5.78 Å². The molecule has 0 N–H and O–H groups in total. The number of fused-ring (bicyclic) bond motifs is 1. The first-order valence-electron chi connectivity index (χ1n) is 4.19. The molecule has 0 radical (unpaired) electrons. The Morgan fingerprint density at radius 1 is 1.25 bits per heavy atom. The van der Waals surface area contributed by atoms with Crippen LogP contribution in [-0.2, 0) is 6.42 Å². The van der Waals surface area contributed by atoms with E-state index < -0.39 is 0 Å². The maximum absolute atomic E-state index is 11.4. The third kappa shape index (κ3) is 1.30. The number of hydrogen-bond donors (Lipinski definition) is 0. The Morgan fingerprint density at radius 3 is 2.92 bits per heavy atom. The molecule has 2 rings (SSSR count). The molecule has 62 valence electrons. The van der Waals surface area contributed by atoms with Crippen LogP contribution in [0, 0.1) is 0 Å². The summed E-state index contributed by atoms with van der Waals surface area (Å²) >= 11 is 0. The highest BCUT2D eigenvalue weighted by Crippen LogP contribution is 2.20. The van der Waals surface area contributed by atoms with Crippen LogP contribution in [0.2, 0.25) is 0 Å². The van der Waals surface area contributed by atoms with Crippen molar-refractivity contribution in [3.8, 4) is 0 Å². The number of hydrogen-bond acceptors (Lipinski definition) is 1. The van der Waals surface area contributed by atoms with Crippen molar-refractivity contribution in [1.29, 1.82) is 0 Å². The lowest BCUT2D eigenvalue weighted by atomic mass is 9.91. The van der Waals surface area contributed by atoms with Crippen LogP contribution >= 0.6 is 9.24 Å². The standard InChI is InChI=1S/C10H11OP/c11-10-3-1-2-7-6-8(12)4-5-9(7)10/h4-6H,1-3,12H2. The first-order valence-corrected chi connectivity index (χ1v) is 4.77. The van der Waals surface area contributed by atoms with Crippen LogP contribution in [0.15, 0.2) is 18.2 Å². The van der Waals surface area contributed by atoms with E-state index in [4.69, 9.17) is 0 Å². The van der Waals surface area contributed by atoms with Crippen molar-refractivity contribution in [1.82, 2.24) is 0 Å². The van der Waals surface area contributed by atoms with Gasteiger partial charge in [-0.15, -0.1) is 9.24 Å². The first kappa shape index (κ1) is 7.94. The molecule has 1 aliphatic rings. The fourth-order valence-electron chi connectivity index (χ4n) is 1.67. The van der Waals surface area contributed by atoms with Gasteiger partial charge in [0.05, 0.1) is 0 Å². The van der Waals surface area contributed by atoms with Crippen molar-refractivity contribution >= 4 is 20.3 Å². The summed E-state index contributed by atoms with van der Waals surface area (Å²) in [6.07, 6.45) is 2.80. The summed E-state index contributed by atoms with van der Waals surface area (Å²) < 4.78 is 0. The maximum atomic E-state index is 11.4. The Hall–Kier alpha value is -0.680. The smallest absolute Gasteiger partial charge is 0.163 e. The van der Waals surface area contributed by atoms with E-state index in [-0.39, 0.29) is 0 Å². The lowest BCUT2D eigenvalue weighted by molar-refractivity contribution is 0.0972. The minimum atomic E-state index is 0.307. The van der Waals surface area contributed by atoms with Crippen molar-refractivity contribution in [2.75, 3.05) is 0 Å². The van der Waals surface area contributed by atoms with E-state index in [9.17, 15) is 4.79 Å². The molecule has 0 saturated carbocycles. The van der Waals surface area contributed by atoms with E-state index in [1.807, 2.05) is 12.1 Å². The molecule has 0 heterocycles. The van der Waals surface area contributed by atoms with Gasteiger partial charge in [0.2, 0.25) is 0 Å². The molecule has 12 heavy (non-hydrogen) atoms. The number of carbonyl (C=O) groups is 1. The highest BCUT2D eigenvalue weighted by atomic mass is 31.0. The number of Topliss-reactive ketones (excluding diaryl/α,β-unsaturated/α-hetero) is 1. The largest absolute Gasteiger partial charge is 0.294 e. The van der Waals surface area contributed by atoms with Crippen LogP contribution in [0.25, 0.3) is 0 Å². The molecule has 1 nitrogen and oxygen atoms in total. The molecule has 0 bridgehead atoms. The van der Waals surface area contributed by atoms with Gasteiger partial charge >= 0.3 is 0 Å². The Labute approximate surface area is 74.4 Å². The Morgan fingerprint density at radius 2 is 2.08 bits per heavy atom. The average molecular weight is 178 g/mol. The Bertz CT molecular complexity index is 331. The minimum absolute atomic E-state index is 0.307. The monoisotopic (exact) mass is 178 g/mol. The second-order valence-corrected chi connectivity index (χ2v) is 3.86. The van der Waals surface area contributed by atoms with Gasteiger partial charge in [-0.1, -0.05) is 18.2 Å². The first-order chi connectivity index (χ1) is 5.77. The summed E-state index contributed by atoms with van der Waals surface area (Å²) in [5.74, 6) is 0.307. The van der Waals surface area contributed by atoms with Crippen molar-refractivity contribution < 1.29 is 4.79 Å². The number of ketones is 1. The highest BCUT2D eigenvalue weighted by Gasteiger charge is 2.15. The van der Waals surface area contributed by atoms with Crippen LogP contribution in [0.1, 0.15) is 28.8 Å². The summed E-state index contributed by atoms with van der Waals surface area (Å²) in [6, 6.07) is 6.02. The van der Waals surface area contributed by atoms with Gasteiger partial charge in [-0.3, -0.25) is 4.79 Å². The highest BCUT2D eigenvalue weighted by molar-refractivity contribution is 7.27. The molecule has 0 saturated heterocycles. The predicted molar refractivity (Wildman–Crippen MR) is 53.1 cm³/mol. The van der Waals surface area contributed by atoms with E-state index >= 15 is 0 Å². The van der Waals surface area contributed by atoms with Gasteiger partial charge in [-0.2, -0.15) is 0 Å². The quantitative estimate of drug-likeness (QED) is 0.553. The lowest BCUT2D eigenvalue weighted by Gasteiger charge is -2.14. The molecule has 0 spiro atoms. The fraction of sp³-hybridized carbons (Fsp3) is 0.300. The zero-order valence-electron chi connectivity index (χ0n) is 6.84. The zero-order chi connectivity index (χ0) is 8.55. The fourth-order valence-corrected chi connectivity index (χ4v) is 1.96. The SMILES string of the molecule is O=C1CCCc2cc(P)ccc21. The van der Waals surface area contributed by atoms with Crippen LogP contribution in [0.5, 0.6) is 0 Å². The molecular formula is C10H11OP. The van der Waals surface area contributed by atoms with Crippen LogP contribution < -0.4 is 5.30 Å². The zero-order valence-corrected chi connectivity index (χ0v) is 7.99. The molecular weight excluding hydrogens is 167 g/mol. The summed E-state index contributed by atoms with van der Waals surface area (Å²) in [7, 11) is 2.66. The molecule has 0 amide bonds. The molecule has 0 aliphatic heterocycles. The van der Waals surface area contributed by atoms with E-state index in [1.54, 1.807) is 0 Å². The average Bonchev–Trinajstić information content (AvgIpc) is 2.04. The number of aryl methyl sites for hydroxylation is 1. The molecule has 0 aromatic heterocycles. The molecule has 1 aromatic rings. The Balaban J connectivity index is 2.53.